The molecule has 3 aromatic heterocycles. The van der Waals surface area contributed by atoms with Crippen LogP contribution in [0.3, 0.4) is 0 Å². The van der Waals surface area contributed by atoms with Gasteiger partial charge in [-0.2, -0.15) is 0 Å². The van der Waals surface area contributed by atoms with Gasteiger partial charge in [0.25, 0.3) is 0 Å². The molecule has 3 heterocycles. The number of imidazole rings is 1. The van der Waals surface area contributed by atoms with Gasteiger partial charge in [-0.05, 0) is 42.5 Å². The molecule has 0 bridgehead atoms. The normalized spacial score (nSPS) is 11.8. The first-order valence-corrected chi connectivity index (χ1v) is 7.13. The highest BCUT2D eigenvalue weighted by Gasteiger charge is 2.13. The molecule has 0 fully saturated rings. The van der Waals surface area contributed by atoms with Crippen molar-refractivity contribution in [3.8, 4) is 0 Å². The molecule has 0 atom stereocenters. The third-order valence-electron chi connectivity index (χ3n) is 4.14. The van der Waals surface area contributed by atoms with Gasteiger partial charge in [-0.3, -0.25) is 9.20 Å². The third-order valence-corrected chi connectivity index (χ3v) is 4.14. The number of aromatic amines is 1. The minimum atomic E-state index is -0.00302. The van der Waals surface area contributed by atoms with Gasteiger partial charge in [0.15, 0.2) is 5.43 Å². The maximum atomic E-state index is 11.8. The summed E-state index contributed by atoms with van der Waals surface area (Å²) in [6.45, 7) is 0. The number of aromatic nitrogens is 3. The number of fused-ring (bicyclic) bond motifs is 8. The fourth-order valence-electron chi connectivity index (χ4n) is 3.21. The van der Waals surface area contributed by atoms with Crippen molar-refractivity contribution in [1.82, 2.24) is 14.4 Å². The lowest BCUT2D eigenvalue weighted by atomic mass is 10.1. The Labute approximate surface area is 124 Å². The van der Waals surface area contributed by atoms with Crippen LogP contribution in [0.4, 0.5) is 0 Å². The van der Waals surface area contributed by atoms with E-state index in [2.05, 4.69) is 21.5 Å². The quantitative estimate of drug-likeness (QED) is 0.443. The van der Waals surface area contributed by atoms with Crippen LogP contribution in [0.1, 0.15) is 0 Å². The first-order valence-electron chi connectivity index (χ1n) is 7.13. The minimum Gasteiger partial charge on any atom is -0.359 e. The Morgan fingerprint density at radius 2 is 1.77 bits per heavy atom. The molecular weight excluding hydrogens is 274 g/mol. The van der Waals surface area contributed by atoms with Crippen molar-refractivity contribution in [1.29, 1.82) is 0 Å². The number of pyridine rings is 2. The number of hydrogen-bond acceptors (Lipinski definition) is 2. The number of hydrogen-bond donors (Lipinski definition) is 1. The summed E-state index contributed by atoms with van der Waals surface area (Å²) in [5, 5.41) is 1.89. The summed E-state index contributed by atoms with van der Waals surface area (Å²) in [5.41, 5.74) is 4.85. The topological polar surface area (TPSA) is 50.2 Å². The van der Waals surface area contributed by atoms with Crippen molar-refractivity contribution in [2.45, 2.75) is 0 Å². The fourth-order valence-corrected chi connectivity index (χ4v) is 3.21. The van der Waals surface area contributed by atoms with E-state index in [-0.39, 0.29) is 5.43 Å². The smallest absolute Gasteiger partial charge is 0.179 e. The van der Waals surface area contributed by atoms with Crippen LogP contribution in [-0.4, -0.2) is 14.4 Å². The van der Waals surface area contributed by atoms with Crippen molar-refractivity contribution in [3.63, 3.8) is 0 Å². The van der Waals surface area contributed by atoms with Crippen LogP contribution in [-0.2, 0) is 0 Å². The maximum Gasteiger partial charge on any atom is 0.179 e. The van der Waals surface area contributed by atoms with E-state index in [1.807, 2.05) is 36.5 Å². The van der Waals surface area contributed by atoms with Crippen molar-refractivity contribution in [2.24, 2.45) is 0 Å². The molecule has 5 rings (SSSR count). The van der Waals surface area contributed by atoms with Crippen LogP contribution in [0.5, 0.6) is 0 Å². The highest BCUT2D eigenvalue weighted by Crippen LogP contribution is 2.29. The molecule has 2 aromatic carbocycles. The van der Waals surface area contributed by atoms with Gasteiger partial charge in [-0.25, -0.2) is 4.98 Å². The largest absolute Gasteiger partial charge is 0.359 e. The number of H-pyrrole nitrogens is 1. The summed E-state index contributed by atoms with van der Waals surface area (Å²) in [6, 6.07) is 17.2. The summed E-state index contributed by atoms with van der Waals surface area (Å²) >= 11 is 0. The zero-order valence-corrected chi connectivity index (χ0v) is 11.6. The molecule has 4 nitrogen and oxygen atoms in total. The molecule has 0 radical (unpaired) electrons. The van der Waals surface area contributed by atoms with Crippen LogP contribution < -0.4 is 5.43 Å². The maximum absolute atomic E-state index is 11.8. The van der Waals surface area contributed by atoms with Gasteiger partial charge in [0.2, 0.25) is 0 Å². The van der Waals surface area contributed by atoms with Crippen molar-refractivity contribution >= 4 is 38.5 Å². The van der Waals surface area contributed by atoms with Crippen LogP contribution in [0.25, 0.3) is 38.5 Å². The number of nitrogens with one attached hydrogen (secondary N) is 1. The fraction of sp³-hybridized carbons (Fsp3) is 0. The van der Waals surface area contributed by atoms with Gasteiger partial charge in [0.1, 0.15) is 5.65 Å². The molecule has 0 aliphatic rings. The zero-order chi connectivity index (χ0) is 14.7. The molecule has 0 unspecified atom stereocenters. The number of rotatable bonds is 0. The summed E-state index contributed by atoms with van der Waals surface area (Å²) in [5.74, 6) is 0. The number of para-hydroxylation sites is 2. The summed E-state index contributed by atoms with van der Waals surface area (Å²) in [7, 11) is 0. The lowest BCUT2D eigenvalue weighted by molar-refractivity contribution is 1.29. The Morgan fingerprint density at radius 3 is 2.73 bits per heavy atom. The molecule has 0 aliphatic carbocycles. The van der Waals surface area contributed by atoms with Gasteiger partial charge < -0.3 is 4.98 Å². The first kappa shape index (κ1) is 11.5. The van der Waals surface area contributed by atoms with Gasteiger partial charge in [0.05, 0.1) is 22.1 Å². The summed E-state index contributed by atoms with van der Waals surface area (Å²) < 4.78 is 2.11. The second-order valence-corrected chi connectivity index (χ2v) is 5.40. The Hall–Kier alpha value is -3.14. The molecule has 4 heteroatoms. The molecule has 5 aromatic rings. The molecule has 0 spiro atoms. The molecule has 0 saturated carbocycles. The highest BCUT2D eigenvalue weighted by atomic mass is 16.1. The van der Waals surface area contributed by atoms with E-state index in [1.54, 1.807) is 12.1 Å². The second-order valence-electron chi connectivity index (χ2n) is 5.40. The van der Waals surface area contributed by atoms with E-state index in [0.717, 1.165) is 38.5 Å². The lowest BCUT2D eigenvalue weighted by Crippen LogP contribution is -1.99. The Bertz CT molecular complexity index is 1250. The molecule has 0 saturated heterocycles. The van der Waals surface area contributed by atoms with Crippen molar-refractivity contribution < 1.29 is 0 Å². The molecular formula is C18H11N3O. The van der Waals surface area contributed by atoms with Crippen LogP contribution >= 0.6 is 0 Å². The zero-order valence-electron chi connectivity index (χ0n) is 11.6. The van der Waals surface area contributed by atoms with Crippen molar-refractivity contribution in [3.05, 3.63) is 71.0 Å². The Morgan fingerprint density at radius 1 is 0.909 bits per heavy atom. The average Bonchev–Trinajstić information content (AvgIpc) is 2.95. The van der Waals surface area contributed by atoms with Crippen molar-refractivity contribution in [2.75, 3.05) is 0 Å². The Kier molecular flexibility index (Phi) is 2.07. The Balaban J connectivity index is 2.26. The monoisotopic (exact) mass is 285 g/mol. The lowest BCUT2D eigenvalue weighted by Gasteiger charge is -2.08. The van der Waals surface area contributed by atoms with Gasteiger partial charge >= 0.3 is 0 Å². The van der Waals surface area contributed by atoms with Gasteiger partial charge in [-0.1, -0.05) is 12.1 Å². The number of benzene rings is 2. The second kappa shape index (κ2) is 3.95. The minimum absolute atomic E-state index is 0.00302. The molecule has 0 aliphatic heterocycles. The highest BCUT2D eigenvalue weighted by molar-refractivity contribution is 6.12. The van der Waals surface area contributed by atoms with Crippen LogP contribution in [0.15, 0.2) is 65.6 Å². The predicted octanol–water partition coefficient (Wildman–Crippen LogP) is 3.48. The third kappa shape index (κ3) is 1.36. The standard InChI is InChI=1S/C18H11N3O/c22-11-7-8-12-13(10-11)18-20-14-4-1-2-5-15(14)21(18)16-6-3-9-19-17(12)16/h1-10,19H. The van der Waals surface area contributed by atoms with E-state index in [0.29, 0.717) is 0 Å². The van der Waals surface area contributed by atoms with E-state index < -0.39 is 0 Å². The van der Waals surface area contributed by atoms with Gasteiger partial charge in [0, 0.05) is 17.0 Å². The van der Waals surface area contributed by atoms with Crippen LogP contribution in [0, 0.1) is 0 Å². The molecule has 22 heavy (non-hydrogen) atoms. The SMILES string of the molecule is O=c1ccc2c(c1)c1nc3ccccc3n1c1ccc[nH]c21. The predicted molar refractivity (Wildman–Crippen MR) is 88.3 cm³/mol. The van der Waals surface area contributed by atoms with E-state index >= 15 is 0 Å². The average molecular weight is 285 g/mol. The number of nitrogens with zero attached hydrogens (tertiary/aromatic N) is 2. The summed E-state index contributed by atoms with van der Waals surface area (Å²) in [4.78, 5) is 19.9. The van der Waals surface area contributed by atoms with E-state index in [4.69, 9.17) is 4.98 Å². The van der Waals surface area contributed by atoms with E-state index in [1.165, 1.54) is 0 Å². The first-order chi connectivity index (χ1) is 10.8. The molecule has 1 N–H and O–H groups in total. The van der Waals surface area contributed by atoms with Crippen LogP contribution in [0.2, 0.25) is 0 Å². The molecule has 0 amide bonds. The van der Waals surface area contributed by atoms with Gasteiger partial charge in [-0.15, -0.1) is 0 Å². The summed E-state index contributed by atoms with van der Waals surface area (Å²) in [6.07, 6.45) is 1.90. The van der Waals surface area contributed by atoms with E-state index in [9.17, 15) is 4.79 Å². The molecule has 104 valence electrons.